The fourth-order valence-electron chi connectivity index (χ4n) is 2.42. The normalized spacial score (nSPS) is 16.3. The Bertz CT molecular complexity index is 423. The second-order valence-electron chi connectivity index (χ2n) is 5.23. The zero-order valence-corrected chi connectivity index (χ0v) is 11.3. The van der Waals surface area contributed by atoms with Crippen molar-refractivity contribution in [2.24, 2.45) is 0 Å². The number of nitrogens with one attached hydrogen (secondary N) is 2. The van der Waals surface area contributed by atoms with Gasteiger partial charge < -0.3 is 10.6 Å². The number of aryl methyl sites for hydroxylation is 2. The Kier molecular flexibility index (Phi) is 4.24. The first-order chi connectivity index (χ1) is 8.65. The van der Waals surface area contributed by atoms with Gasteiger partial charge >= 0.3 is 6.03 Å². The van der Waals surface area contributed by atoms with E-state index in [1.165, 1.54) is 30.4 Å². The molecule has 0 bridgehead atoms. The maximum Gasteiger partial charge on any atom is 0.319 e. The van der Waals surface area contributed by atoms with Crippen molar-refractivity contribution in [1.29, 1.82) is 0 Å². The Morgan fingerprint density at radius 1 is 1.11 bits per heavy atom. The number of hydrogen-bond acceptors (Lipinski definition) is 1. The lowest BCUT2D eigenvalue weighted by Crippen LogP contribution is -2.39. The molecular formula is C15H22N2O. The maximum atomic E-state index is 11.9. The Hall–Kier alpha value is -1.51. The molecule has 0 radical (unpaired) electrons. The molecule has 3 nitrogen and oxygen atoms in total. The topological polar surface area (TPSA) is 41.1 Å². The van der Waals surface area contributed by atoms with Gasteiger partial charge in [0.15, 0.2) is 0 Å². The zero-order valence-electron chi connectivity index (χ0n) is 11.3. The van der Waals surface area contributed by atoms with E-state index in [-0.39, 0.29) is 6.03 Å². The molecule has 2 amide bonds. The van der Waals surface area contributed by atoms with Gasteiger partial charge in [-0.15, -0.1) is 0 Å². The SMILES string of the molecule is Cc1ccc(NC(=O)NC2CCCCC2)cc1C. The highest BCUT2D eigenvalue weighted by molar-refractivity contribution is 5.89. The third kappa shape index (κ3) is 3.49. The van der Waals surface area contributed by atoms with E-state index in [0.717, 1.165) is 18.5 Å². The number of hydrogen-bond donors (Lipinski definition) is 2. The highest BCUT2D eigenvalue weighted by Crippen LogP contribution is 2.18. The summed E-state index contributed by atoms with van der Waals surface area (Å²) in [5.41, 5.74) is 3.31. The summed E-state index contributed by atoms with van der Waals surface area (Å²) in [4.78, 5) is 11.9. The molecule has 1 aromatic rings. The number of rotatable bonds is 2. The number of carbonyl (C=O) groups is 1. The minimum Gasteiger partial charge on any atom is -0.335 e. The molecular weight excluding hydrogens is 224 g/mol. The molecule has 3 heteroatoms. The third-order valence-corrected chi connectivity index (χ3v) is 3.71. The van der Waals surface area contributed by atoms with Crippen LogP contribution in [0.5, 0.6) is 0 Å². The van der Waals surface area contributed by atoms with Gasteiger partial charge in [0.2, 0.25) is 0 Å². The summed E-state index contributed by atoms with van der Waals surface area (Å²) < 4.78 is 0. The van der Waals surface area contributed by atoms with Gasteiger partial charge in [-0.05, 0) is 49.9 Å². The molecule has 2 N–H and O–H groups in total. The molecule has 0 unspecified atom stereocenters. The van der Waals surface area contributed by atoms with E-state index in [1.807, 2.05) is 18.2 Å². The van der Waals surface area contributed by atoms with E-state index in [9.17, 15) is 4.79 Å². The monoisotopic (exact) mass is 246 g/mol. The van der Waals surface area contributed by atoms with Crippen molar-refractivity contribution in [2.45, 2.75) is 52.0 Å². The number of urea groups is 1. The summed E-state index contributed by atoms with van der Waals surface area (Å²) >= 11 is 0. The standard InChI is InChI=1S/C15H22N2O/c1-11-8-9-14(10-12(11)2)17-15(18)16-13-6-4-3-5-7-13/h8-10,13H,3-7H2,1-2H3,(H2,16,17,18). The van der Waals surface area contributed by atoms with Crippen molar-refractivity contribution in [2.75, 3.05) is 5.32 Å². The highest BCUT2D eigenvalue weighted by atomic mass is 16.2. The van der Waals surface area contributed by atoms with Crippen molar-refractivity contribution >= 4 is 11.7 Å². The Labute approximate surface area is 109 Å². The summed E-state index contributed by atoms with van der Waals surface area (Å²) in [5, 5.41) is 5.96. The number of benzene rings is 1. The van der Waals surface area contributed by atoms with Crippen LogP contribution in [-0.4, -0.2) is 12.1 Å². The van der Waals surface area contributed by atoms with Crippen LogP contribution < -0.4 is 10.6 Å². The smallest absolute Gasteiger partial charge is 0.319 e. The van der Waals surface area contributed by atoms with Crippen molar-refractivity contribution in [3.05, 3.63) is 29.3 Å². The quantitative estimate of drug-likeness (QED) is 0.819. The molecule has 1 aliphatic carbocycles. The fourth-order valence-corrected chi connectivity index (χ4v) is 2.42. The van der Waals surface area contributed by atoms with Crippen LogP contribution >= 0.6 is 0 Å². The van der Waals surface area contributed by atoms with Crippen molar-refractivity contribution in [3.8, 4) is 0 Å². The lowest BCUT2D eigenvalue weighted by molar-refractivity contribution is 0.244. The van der Waals surface area contributed by atoms with Crippen LogP contribution in [0.15, 0.2) is 18.2 Å². The van der Waals surface area contributed by atoms with E-state index in [1.54, 1.807) is 0 Å². The van der Waals surface area contributed by atoms with Gasteiger partial charge in [0, 0.05) is 11.7 Å². The molecule has 1 aromatic carbocycles. The molecule has 0 saturated heterocycles. The Morgan fingerprint density at radius 3 is 2.50 bits per heavy atom. The summed E-state index contributed by atoms with van der Waals surface area (Å²) in [7, 11) is 0. The first-order valence-corrected chi connectivity index (χ1v) is 6.80. The van der Waals surface area contributed by atoms with Gasteiger partial charge in [-0.3, -0.25) is 0 Å². The second-order valence-corrected chi connectivity index (χ2v) is 5.23. The average Bonchev–Trinajstić information content (AvgIpc) is 2.35. The minimum atomic E-state index is -0.0786. The summed E-state index contributed by atoms with van der Waals surface area (Å²) in [6.45, 7) is 4.13. The lowest BCUT2D eigenvalue weighted by atomic mass is 9.96. The van der Waals surface area contributed by atoms with Crippen LogP contribution in [-0.2, 0) is 0 Å². The Morgan fingerprint density at radius 2 is 1.83 bits per heavy atom. The number of carbonyl (C=O) groups excluding carboxylic acids is 1. The minimum absolute atomic E-state index is 0.0786. The van der Waals surface area contributed by atoms with E-state index in [0.29, 0.717) is 6.04 Å². The molecule has 1 fully saturated rings. The molecule has 0 spiro atoms. The molecule has 18 heavy (non-hydrogen) atoms. The van der Waals surface area contributed by atoms with Gasteiger partial charge in [0.1, 0.15) is 0 Å². The van der Waals surface area contributed by atoms with Crippen LogP contribution in [0.1, 0.15) is 43.2 Å². The van der Waals surface area contributed by atoms with E-state index in [2.05, 4.69) is 24.5 Å². The molecule has 2 rings (SSSR count). The first-order valence-electron chi connectivity index (χ1n) is 6.80. The van der Waals surface area contributed by atoms with E-state index >= 15 is 0 Å². The number of amides is 2. The second kappa shape index (κ2) is 5.89. The van der Waals surface area contributed by atoms with Gasteiger partial charge in [0.05, 0.1) is 0 Å². The first kappa shape index (κ1) is 12.9. The van der Waals surface area contributed by atoms with Crippen LogP contribution in [0, 0.1) is 13.8 Å². The van der Waals surface area contributed by atoms with Gasteiger partial charge in [-0.2, -0.15) is 0 Å². The van der Waals surface area contributed by atoms with Crippen LogP contribution in [0.4, 0.5) is 10.5 Å². The van der Waals surface area contributed by atoms with Gasteiger partial charge in [0.25, 0.3) is 0 Å². The lowest BCUT2D eigenvalue weighted by Gasteiger charge is -2.22. The predicted molar refractivity (Wildman–Crippen MR) is 74.9 cm³/mol. The third-order valence-electron chi connectivity index (χ3n) is 3.71. The summed E-state index contributed by atoms with van der Waals surface area (Å²) in [6, 6.07) is 6.26. The average molecular weight is 246 g/mol. The molecule has 0 aromatic heterocycles. The molecule has 1 aliphatic rings. The molecule has 0 atom stereocenters. The van der Waals surface area contributed by atoms with Gasteiger partial charge in [-0.1, -0.05) is 25.3 Å². The maximum absolute atomic E-state index is 11.9. The van der Waals surface area contributed by atoms with Crippen LogP contribution in [0.25, 0.3) is 0 Å². The largest absolute Gasteiger partial charge is 0.335 e. The molecule has 0 aliphatic heterocycles. The van der Waals surface area contributed by atoms with Crippen LogP contribution in [0.2, 0.25) is 0 Å². The number of anilines is 1. The van der Waals surface area contributed by atoms with E-state index in [4.69, 9.17) is 0 Å². The molecule has 0 heterocycles. The summed E-state index contributed by atoms with van der Waals surface area (Å²) in [5.74, 6) is 0. The highest BCUT2D eigenvalue weighted by Gasteiger charge is 2.15. The summed E-state index contributed by atoms with van der Waals surface area (Å²) in [6.07, 6.45) is 5.99. The predicted octanol–water partition coefficient (Wildman–Crippen LogP) is 3.76. The van der Waals surface area contributed by atoms with Crippen LogP contribution in [0.3, 0.4) is 0 Å². The van der Waals surface area contributed by atoms with Gasteiger partial charge in [-0.25, -0.2) is 4.79 Å². The Balaban J connectivity index is 1.88. The van der Waals surface area contributed by atoms with Crippen molar-refractivity contribution in [3.63, 3.8) is 0 Å². The van der Waals surface area contributed by atoms with E-state index < -0.39 is 0 Å². The molecule has 98 valence electrons. The zero-order chi connectivity index (χ0) is 13.0. The van der Waals surface area contributed by atoms with Crippen molar-refractivity contribution in [1.82, 2.24) is 5.32 Å². The molecule has 1 saturated carbocycles. The van der Waals surface area contributed by atoms with Crippen molar-refractivity contribution < 1.29 is 4.79 Å². The fraction of sp³-hybridized carbons (Fsp3) is 0.533.